The number of aryl methyl sites for hydroxylation is 2. The molecule has 1 fully saturated rings. The van der Waals surface area contributed by atoms with Crippen LogP contribution in [0.4, 0.5) is 4.39 Å². The zero-order valence-electron chi connectivity index (χ0n) is 19.5. The molecule has 1 saturated carbocycles. The second-order valence-corrected chi connectivity index (χ2v) is 9.62. The maximum atomic E-state index is 13.4. The Morgan fingerprint density at radius 2 is 1.73 bits per heavy atom. The van der Waals surface area contributed by atoms with Gasteiger partial charge in [-0.15, -0.1) is 0 Å². The smallest absolute Gasteiger partial charge is 0.261 e. The minimum Gasteiger partial charge on any atom is -0.484 e. The van der Waals surface area contributed by atoms with Gasteiger partial charge in [-0.1, -0.05) is 47.3 Å². The van der Waals surface area contributed by atoms with Crippen LogP contribution in [0.15, 0.2) is 40.9 Å². The maximum absolute atomic E-state index is 13.4. The number of carbonyl (C=O) groups excluding carboxylic acids is 2. The molecule has 0 aliphatic heterocycles. The highest BCUT2D eigenvalue weighted by Gasteiger charge is 2.28. The van der Waals surface area contributed by atoms with Crippen LogP contribution in [0.5, 0.6) is 5.75 Å². The average Bonchev–Trinajstić information content (AvgIpc) is 2.80. The summed E-state index contributed by atoms with van der Waals surface area (Å²) in [4.78, 5) is 27.7. The molecule has 2 aromatic rings. The fraction of sp³-hybridized carbons (Fsp3) is 0.462. The summed E-state index contributed by atoms with van der Waals surface area (Å²) in [5, 5.41) is 3.10. The summed E-state index contributed by atoms with van der Waals surface area (Å²) >= 11 is 3.53. The van der Waals surface area contributed by atoms with Gasteiger partial charge in [0, 0.05) is 17.1 Å². The maximum Gasteiger partial charge on any atom is 0.261 e. The average molecular weight is 519 g/mol. The number of carbonyl (C=O) groups is 2. The van der Waals surface area contributed by atoms with E-state index in [4.69, 9.17) is 4.74 Å². The van der Waals surface area contributed by atoms with E-state index in [0.29, 0.717) is 5.75 Å². The van der Waals surface area contributed by atoms with Crippen LogP contribution in [0.25, 0.3) is 0 Å². The van der Waals surface area contributed by atoms with Gasteiger partial charge in [0.15, 0.2) is 6.61 Å². The Kier molecular flexibility index (Phi) is 8.89. The van der Waals surface area contributed by atoms with Gasteiger partial charge in [0.2, 0.25) is 5.91 Å². The van der Waals surface area contributed by atoms with E-state index in [1.54, 1.807) is 19.1 Å². The van der Waals surface area contributed by atoms with Gasteiger partial charge in [0.25, 0.3) is 5.91 Å². The van der Waals surface area contributed by atoms with Crippen molar-refractivity contribution in [3.05, 3.63) is 63.4 Å². The number of hydrogen-bond donors (Lipinski definition) is 1. The number of benzene rings is 2. The normalized spacial score (nSPS) is 15.1. The molecule has 0 bridgehead atoms. The predicted octanol–water partition coefficient (Wildman–Crippen LogP) is 5.45. The summed E-state index contributed by atoms with van der Waals surface area (Å²) in [5.41, 5.74) is 2.78. The molecule has 2 amide bonds. The van der Waals surface area contributed by atoms with E-state index in [0.717, 1.165) is 46.8 Å². The van der Waals surface area contributed by atoms with Crippen molar-refractivity contribution in [1.29, 1.82) is 0 Å². The number of ether oxygens (including phenoxy) is 1. The van der Waals surface area contributed by atoms with Gasteiger partial charge >= 0.3 is 0 Å². The van der Waals surface area contributed by atoms with Crippen molar-refractivity contribution in [2.75, 3.05) is 6.61 Å². The molecule has 5 nitrogen and oxygen atoms in total. The van der Waals surface area contributed by atoms with Crippen molar-refractivity contribution >= 4 is 27.7 Å². The van der Waals surface area contributed by atoms with Crippen molar-refractivity contribution in [2.45, 2.75) is 71.5 Å². The van der Waals surface area contributed by atoms with Gasteiger partial charge in [-0.2, -0.15) is 0 Å². The van der Waals surface area contributed by atoms with E-state index in [1.807, 2.05) is 26.0 Å². The van der Waals surface area contributed by atoms with Gasteiger partial charge in [-0.05, 0) is 74.6 Å². The van der Waals surface area contributed by atoms with Gasteiger partial charge in [-0.3, -0.25) is 9.59 Å². The third-order valence-electron chi connectivity index (χ3n) is 6.16. The molecular weight excluding hydrogens is 487 g/mol. The SMILES string of the molecule is Cc1cc(OCC(=O)N(Cc2ccc(F)cc2)[C@@H](C)C(=O)NC2CCCCC2)cc(C)c1Br. The number of halogens is 2. The van der Waals surface area contributed by atoms with Crippen LogP contribution < -0.4 is 10.1 Å². The number of rotatable bonds is 8. The highest BCUT2D eigenvalue weighted by Crippen LogP contribution is 2.26. The fourth-order valence-electron chi connectivity index (χ4n) is 4.16. The van der Waals surface area contributed by atoms with Gasteiger partial charge < -0.3 is 15.0 Å². The summed E-state index contributed by atoms with van der Waals surface area (Å²) in [6, 6.07) is 9.18. The van der Waals surface area contributed by atoms with Crippen molar-refractivity contribution in [3.8, 4) is 5.75 Å². The van der Waals surface area contributed by atoms with E-state index in [9.17, 15) is 14.0 Å². The first kappa shape index (κ1) is 25.2. The number of hydrogen-bond acceptors (Lipinski definition) is 3. The summed E-state index contributed by atoms with van der Waals surface area (Å²) < 4.78 is 20.2. The summed E-state index contributed by atoms with van der Waals surface area (Å²) in [5.74, 6) is -0.219. The lowest BCUT2D eigenvalue weighted by atomic mass is 9.95. The van der Waals surface area contributed by atoms with Gasteiger partial charge in [0.1, 0.15) is 17.6 Å². The predicted molar refractivity (Wildman–Crippen MR) is 131 cm³/mol. The van der Waals surface area contributed by atoms with Gasteiger partial charge in [-0.25, -0.2) is 4.39 Å². The first-order valence-corrected chi connectivity index (χ1v) is 12.3. The molecule has 0 unspecified atom stereocenters. The Balaban J connectivity index is 1.72. The van der Waals surface area contributed by atoms with Crippen molar-refractivity contribution in [1.82, 2.24) is 10.2 Å². The highest BCUT2D eigenvalue weighted by atomic mass is 79.9. The Bertz CT molecular complexity index is 951. The quantitative estimate of drug-likeness (QED) is 0.505. The molecule has 2 aromatic carbocycles. The standard InChI is InChI=1S/C26H32BrFN2O3/c1-17-13-23(14-18(2)25(17)27)33-16-24(31)30(15-20-9-11-21(28)12-10-20)19(3)26(32)29-22-7-5-4-6-8-22/h9-14,19,22H,4-8,15-16H2,1-3H3,(H,29,32)/t19-/m0/s1. The lowest BCUT2D eigenvalue weighted by Gasteiger charge is -2.31. The Morgan fingerprint density at radius 3 is 2.33 bits per heavy atom. The molecule has 0 spiro atoms. The van der Waals surface area contributed by atoms with Crippen LogP contribution in [0.3, 0.4) is 0 Å². The van der Waals surface area contributed by atoms with Crippen molar-refractivity contribution < 1.29 is 18.7 Å². The van der Waals surface area contributed by atoms with E-state index in [1.165, 1.54) is 23.5 Å². The number of amides is 2. The molecule has 1 atom stereocenters. The second kappa shape index (κ2) is 11.6. The fourth-order valence-corrected chi connectivity index (χ4v) is 4.38. The van der Waals surface area contributed by atoms with Crippen LogP contribution in [-0.4, -0.2) is 35.4 Å². The molecule has 33 heavy (non-hydrogen) atoms. The summed E-state index contributed by atoms with van der Waals surface area (Å²) in [6.45, 7) is 5.66. The molecule has 3 rings (SSSR count). The Morgan fingerprint density at radius 1 is 1.12 bits per heavy atom. The van der Waals surface area contributed by atoms with Crippen molar-refractivity contribution in [3.63, 3.8) is 0 Å². The molecule has 0 saturated heterocycles. The lowest BCUT2D eigenvalue weighted by Crippen LogP contribution is -2.51. The lowest BCUT2D eigenvalue weighted by molar-refractivity contribution is -0.142. The second-order valence-electron chi connectivity index (χ2n) is 8.83. The zero-order chi connectivity index (χ0) is 24.0. The first-order valence-electron chi connectivity index (χ1n) is 11.5. The van der Waals surface area contributed by atoms with E-state index in [2.05, 4.69) is 21.2 Å². The largest absolute Gasteiger partial charge is 0.484 e. The van der Waals surface area contributed by atoms with Crippen LogP contribution in [0.1, 0.15) is 55.7 Å². The Labute approximate surface area is 203 Å². The molecule has 0 aromatic heterocycles. The zero-order valence-corrected chi connectivity index (χ0v) is 21.1. The van der Waals surface area contributed by atoms with Crippen LogP contribution in [0.2, 0.25) is 0 Å². The van der Waals surface area contributed by atoms with Crippen LogP contribution in [-0.2, 0) is 16.1 Å². The molecule has 0 radical (unpaired) electrons. The van der Waals surface area contributed by atoms with Crippen LogP contribution in [0, 0.1) is 19.7 Å². The minimum absolute atomic E-state index is 0.154. The molecule has 1 aliphatic carbocycles. The van der Waals surface area contributed by atoms with Gasteiger partial charge in [0.05, 0.1) is 0 Å². The highest BCUT2D eigenvalue weighted by molar-refractivity contribution is 9.10. The van der Waals surface area contributed by atoms with Crippen molar-refractivity contribution in [2.24, 2.45) is 0 Å². The monoisotopic (exact) mass is 518 g/mol. The number of nitrogens with zero attached hydrogens (tertiary/aromatic N) is 1. The first-order chi connectivity index (χ1) is 15.7. The molecule has 7 heteroatoms. The topological polar surface area (TPSA) is 58.6 Å². The molecule has 1 N–H and O–H groups in total. The molecular formula is C26H32BrFN2O3. The third kappa shape index (κ3) is 7.03. The summed E-state index contributed by atoms with van der Waals surface area (Å²) in [7, 11) is 0. The van der Waals surface area contributed by atoms with Crippen LogP contribution >= 0.6 is 15.9 Å². The molecule has 178 valence electrons. The van der Waals surface area contributed by atoms with E-state index < -0.39 is 6.04 Å². The number of nitrogens with one attached hydrogen (secondary N) is 1. The van der Waals surface area contributed by atoms with E-state index >= 15 is 0 Å². The summed E-state index contributed by atoms with van der Waals surface area (Å²) in [6.07, 6.45) is 5.35. The molecule has 1 aliphatic rings. The third-order valence-corrected chi connectivity index (χ3v) is 7.41. The van der Waals surface area contributed by atoms with E-state index in [-0.39, 0.29) is 36.8 Å². The minimum atomic E-state index is -0.679. The molecule has 0 heterocycles. The Hall–Kier alpha value is -2.41.